The predicted molar refractivity (Wildman–Crippen MR) is 60.3 cm³/mol. The number of nitrogens with one attached hydrogen (secondary N) is 2. The molecule has 0 aromatic rings. The first kappa shape index (κ1) is 15.1. The molecule has 0 aromatic carbocycles. The second-order valence-electron chi connectivity index (χ2n) is 5.54. The summed E-state index contributed by atoms with van der Waals surface area (Å²) in [6, 6.07) is 0. The van der Waals surface area contributed by atoms with Gasteiger partial charge in [0, 0.05) is 12.1 Å². The molecule has 1 rings (SSSR count). The van der Waals surface area contributed by atoms with Crippen LogP contribution < -0.4 is 10.6 Å². The number of halogens is 3. The van der Waals surface area contributed by atoms with Gasteiger partial charge in [-0.15, -0.1) is 0 Å². The summed E-state index contributed by atoms with van der Waals surface area (Å²) < 4.78 is 43.8. The molecular weight excluding hydrogens is 249 g/mol. The average molecular weight is 268 g/mol. The monoisotopic (exact) mass is 268 g/mol. The van der Waals surface area contributed by atoms with Crippen molar-refractivity contribution in [2.75, 3.05) is 13.1 Å². The number of hydrogen-bond donors (Lipinski definition) is 2. The van der Waals surface area contributed by atoms with Gasteiger partial charge < -0.3 is 15.4 Å². The first-order chi connectivity index (χ1) is 8.06. The molecule has 7 heteroatoms. The molecule has 1 unspecified atom stereocenters. The van der Waals surface area contributed by atoms with Gasteiger partial charge in [-0.05, 0) is 40.2 Å². The number of carbonyl (C=O) groups is 1. The van der Waals surface area contributed by atoms with Gasteiger partial charge in [-0.25, -0.2) is 4.79 Å². The second kappa shape index (κ2) is 4.95. The molecule has 0 saturated carbocycles. The third kappa shape index (κ3) is 3.76. The van der Waals surface area contributed by atoms with Crippen LogP contribution in [0.25, 0.3) is 0 Å². The van der Waals surface area contributed by atoms with E-state index in [0.717, 1.165) is 0 Å². The Labute approximate surface area is 104 Å². The molecule has 0 aromatic heterocycles. The SMILES string of the molecule is CC(C)(C)NC(=O)OC1(C(F)(F)F)CCCNC1. The van der Waals surface area contributed by atoms with Gasteiger partial charge in [0.15, 0.2) is 0 Å². The standard InChI is InChI=1S/C11H19F3N2O2/c1-9(2,3)16-8(17)18-10(11(12,13)14)5-4-6-15-7-10/h15H,4-7H2,1-3H3,(H,16,17). The van der Waals surface area contributed by atoms with E-state index < -0.39 is 30.0 Å². The number of hydrogen-bond acceptors (Lipinski definition) is 3. The maximum Gasteiger partial charge on any atom is 0.429 e. The minimum absolute atomic E-state index is 0.207. The van der Waals surface area contributed by atoms with Crippen molar-refractivity contribution >= 4 is 6.09 Å². The van der Waals surface area contributed by atoms with E-state index in [2.05, 4.69) is 15.4 Å². The van der Waals surface area contributed by atoms with Crippen molar-refractivity contribution in [1.82, 2.24) is 10.6 Å². The maximum atomic E-state index is 13.0. The Morgan fingerprint density at radius 1 is 1.33 bits per heavy atom. The van der Waals surface area contributed by atoms with E-state index in [4.69, 9.17) is 0 Å². The topological polar surface area (TPSA) is 50.4 Å². The van der Waals surface area contributed by atoms with E-state index >= 15 is 0 Å². The van der Waals surface area contributed by atoms with Crippen LogP contribution in [0.15, 0.2) is 0 Å². The summed E-state index contributed by atoms with van der Waals surface area (Å²) >= 11 is 0. The van der Waals surface area contributed by atoms with Crippen molar-refractivity contribution in [1.29, 1.82) is 0 Å². The zero-order valence-electron chi connectivity index (χ0n) is 10.8. The molecule has 1 amide bonds. The Kier molecular flexibility index (Phi) is 4.15. The van der Waals surface area contributed by atoms with Gasteiger partial charge in [-0.1, -0.05) is 0 Å². The lowest BCUT2D eigenvalue weighted by Gasteiger charge is -2.38. The Balaban J connectivity index is 2.77. The summed E-state index contributed by atoms with van der Waals surface area (Å²) in [7, 11) is 0. The maximum absolute atomic E-state index is 13.0. The van der Waals surface area contributed by atoms with Crippen molar-refractivity contribution in [2.45, 2.75) is 50.9 Å². The first-order valence-electron chi connectivity index (χ1n) is 5.84. The van der Waals surface area contributed by atoms with Crippen LogP contribution in [0.4, 0.5) is 18.0 Å². The second-order valence-corrected chi connectivity index (χ2v) is 5.54. The Bertz CT molecular complexity index is 304. The highest BCUT2D eigenvalue weighted by atomic mass is 19.4. The number of amides is 1. The fourth-order valence-corrected chi connectivity index (χ4v) is 1.77. The van der Waals surface area contributed by atoms with Gasteiger partial charge in [-0.3, -0.25) is 0 Å². The number of piperidine rings is 1. The molecule has 1 heterocycles. The van der Waals surface area contributed by atoms with Crippen molar-refractivity contribution in [3.63, 3.8) is 0 Å². The van der Waals surface area contributed by atoms with Gasteiger partial charge in [-0.2, -0.15) is 13.2 Å². The average Bonchev–Trinajstić information content (AvgIpc) is 2.13. The van der Waals surface area contributed by atoms with Crippen molar-refractivity contribution in [3.05, 3.63) is 0 Å². The molecule has 1 atom stereocenters. The molecule has 2 N–H and O–H groups in total. The molecule has 106 valence electrons. The molecule has 0 spiro atoms. The molecule has 1 saturated heterocycles. The van der Waals surface area contributed by atoms with E-state index in [9.17, 15) is 18.0 Å². The Morgan fingerprint density at radius 3 is 2.33 bits per heavy atom. The van der Waals surface area contributed by atoms with E-state index in [1.807, 2.05) is 0 Å². The highest BCUT2D eigenvalue weighted by molar-refractivity contribution is 5.68. The van der Waals surface area contributed by atoms with Crippen LogP contribution in [0.2, 0.25) is 0 Å². The molecule has 0 radical (unpaired) electrons. The van der Waals surface area contributed by atoms with Crippen LogP contribution in [-0.4, -0.2) is 36.5 Å². The normalized spacial score (nSPS) is 25.7. The quantitative estimate of drug-likeness (QED) is 0.766. The highest BCUT2D eigenvalue weighted by Crippen LogP contribution is 2.38. The van der Waals surface area contributed by atoms with E-state index in [1.165, 1.54) is 0 Å². The van der Waals surface area contributed by atoms with Gasteiger partial charge in [0.25, 0.3) is 0 Å². The largest absolute Gasteiger partial charge is 0.432 e. The number of carbonyl (C=O) groups excluding carboxylic acids is 1. The van der Waals surface area contributed by atoms with Crippen molar-refractivity contribution in [3.8, 4) is 0 Å². The minimum Gasteiger partial charge on any atom is -0.432 e. The highest BCUT2D eigenvalue weighted by Gasteiger charge is 2.58. The molecule has 4 nitrogen and oxygen atoms in total. The van der Waals surface area contributed by atoms with Crippen LogP contribution in [0, 0.1) is 0 Å². The number of alkyl carbamates (subject to hydrolysis) is 1. The minimum atomic E-state index is -4.57. The summed E-state index contributed by atoms with van der Waals surface area (Å²) in [5.41, 5.74) is -3.05. The smallest absolute Gasteiger partial charge is 0.429 e. The predicted octanol–water partition coefficient (Wildman–Crippen LogP) is 2.20. The lowest BCUT2D eigenvalue weighted by atomic mass is 9.93. The van der Waals surface area contributed by atoms with Crippen molar-refractivity contribution in [2.24, 2.45) is 0 Å². The lowest BCUT2D eigenvalue weighted by Crippen LogP contribution is -2.60. The van der Waals surface area contributed by atoms with E-state index in [1.54, 1.807) is 20.8 Å². The summed E-state index contributed by atoms with van der Waals surface area (Å²) in [6.45, 7) is 5.13. The first-order valence-corrected chi connectivity index (χ1v) is 5.84. The number of ether oxygens (including phenoxy) is 1. The summed E-state index contributed by atoms with van der Waals surface area (Å²) in [5, 5.41) is 5.00. The Morgan fingerprint density at radius 2 is 1.94 bits per heavy atom. The van der Waals surface area contributed by atoms with Crippen LogP contribution in [0.1, 0.15) is 33.6 Å². The molecular formula is C11H19F3N2O2. The zero-order chi connectivity index (χ0) is 14.0. The third-order valence-electron chi connectivity index (χ3n) is 2.63. The number of rotatable bonds is 1. The summed E-state index contributed by atoms with van der Waals surface area (Å²) in [4.78, 5) is 11.5. The van der Waals surface area contributed by atoms with Crippen LogP contribution in [0.3, 0.4) is 0 Å². The lowest BCUT2D eigenvalue weighted by molar-refractivity contribution is -0.262. The van der Waals surface area contributed by atoms with Crippen LogP contribution in [-0.2, 0) is 4.74 Å². The van der Waals surface area contributed by atoms with E-state index in [0.29, 0.717) is 13.0 Å². The molecule has 1 aliphatic heterocycles. The molecule has 0 aliphatic carbocycles. The zero-order valence-corrected chi connectivity index (χ0v) is 10.8. The molecule has 1 fully saturated rings. The van der Waals surface area contributed by atoms with Gasteiger partial charge in [0.1, 0.15) is 0 Å². The van der Waals surface area contributed by atoms with Crippen LogP contribution in [0.5, 0.6) is 0 Å². The van der Waals surface area contributed by atoms with Gasteiger partial charge >= 0.3 is 12.3 Å². The van der Waals surface area contributed by atoms with Gasteiger partial charge in [0.2, 0.25) is 5.60 Å². The molecule has 18 heavy (non-hydrogen) atoms. The van der Waals surface area contributed by atoms with E-state index in [-0.39, 0.29) is 6.42 Å². The fraction of sp³-hybridized carbons (Fsp3) is 0.909. The summed E-state index contributed by atoms with van der Waals surface area (Å²) in [5.74, 6) is 0. The van der Waals surface area contributed by atoms with Crippen LogP contribution >= 0.6 is 0 Å². The Hall–Kier alpha value is -0.980. The van der Waals surface area contributed by atoms with Gasteiger partial charge in [0.05, 0.1) is 0 Å². The molecule has 0 bridgehead atoms. The fourth-order valence-electron chi connectivity index (χ4n) is 1.77. The third-order valence-corrected chi connectivity index (χ3v) is 2.63. The number of alkyl halides is 3. The molecule has 1 aliphatic rings. The summed E-state index contributed by atoms with van der Waals surface area (Å²) in [6.07, 6.45) is -5.50. The van der Waals surface area contributed by atoms with Crippen molar-refractivity contribution < 1.29 is 22.7 Å².